The van der Waals surface area contributed by atoms with Gasteiger partial charge in [-0.1, -0.05) is 0 Å². The first kappa shape index (κ1) is 36.9. The molecule has 0 saturated carbocycles. The monoisotopic (exact) mass is 668 g/mol. The highest BCUT2D eigenvalue weighted by Gasteiger charge is 2.72. The second kappa shape index (κ2) is 13.9. The van der Waals surface area contributed by atoms with Gasteiger partial charge in [0.1, 0.15) is 85.5 Å². The van der Waals surface area contributed by atoms with Crippen LogP contribution in [0.3, 0.4) is 0 Å². The minimum absolute atomic E-state index is 0.835. The highest BCUT2D eigenvalue weighted by atomic mass is 16.8. The summed E-state index contributed by atoms with van der Waals surface area (Å²) in [5, 5.41) is 166. The summed E-state index contributed by atoms with van der Waals surface area (Å²) in [5.74, 6) is -3.58. The molecule has 8 unspecified atom stereocenters. The maximum atomic E-state index is 11.8. The maximum Gasteiger partial charge on any atom is 0.230 e. The zero-order chi connectivity index (χ0) is 33.8. The highest BCUT2D eigenvalue weighted by molar-refractivity contribution is 5.15. The zero-order valence-corrected chi connectivity index (χ0v) is 23.1. The summed E-state index contributed by atoms with van der Waals surface area (Å²) in [7, 11) is 0. The van der Waals surface area contributed by atoms with Gasteiger partial charge < -0.3 is 110 Å². The lowest BCUT2D eigenvalue weighted by atomic mass is 9.74. The second-order valence-corrected chi connectivity index (χ2v) is 11.3. The molecule has 4 aliphatic rings. The van der Waals surface area contributed by atoms with Gasteiger partial charge in [0.25, 0.3) is 0 Å². The fourth-order valence-electron chi connectivity index (χ4n) is 5.67. The Morgan fingerprint density at radius 3 is 1.69 bits per heavy atom. The molecule has 4 rings (SSSR count). The van der Waals surface area contributed by atoms with E-state index in [1.807, 2.05) is 0 Å². The van der Waals surface area contributed by atoms with Crippen molar-refractivity contribution in [3.63, 3.8) is 0 Å². The predicted molar refractivity (Wildman–Crippen MR) is 130 cm³/mol. The number of aliphatic hydroxyl groups is 16. The quantitative estimate of drug-likeness (QED) is 0.114. The predicted octanol–water partition coefficient (Wildman–Crippen LogP) is -11.1. The van der Waals surface area contributed by atoms with E-state index in [4.69, 9.17) is 28.4 Å². The zero-order valence-electron chi connectivity index (χ0n) is 23.1. The number of hydrogen-bond acceptors (Lipinski definition) is 22. The van der Waals surface area contributed by atoms with Gasteiger partial charge in [0.05, 0.1) is 19.8 Å². The average Bonchev–Trinajstić information content (AvgIpc) is 3.02. The Labute approximate surface area is 252 Å². The number of rotatable bonds is 8. The summed E-state index contributed by atoms with van der Waals surface area (Å²) in [4.78, 5) is 0. The van der Waals surface area contributed by atoms with Crippen LogP contribution in [0.1, 0.15) is 0 Å². The summed E-state index contributed by atoms with van der Waals surface area (Å²) in [5.41, 5.74) is -3.21. The van der Waals surface area contributed by atoms with Crippen LogP contribution in [0.4, 0.5) is 0 Å². The Hall–Kier alpha value is -0.880. The molecule has 22 heteroatoms. The molecule has 4 aliphatic heterocycles. The third kappa shape index (κ3) is 6.24. The lowest BCUT2D eigenvalue weighted by Gasteiger charge is -2.59. The summed E-state index contributed by atoms with van der Waals surface area (Å²) in [6, 6.07) is 0. The third-order valence-electron chi connectivity index (χ3n) is 8.47. The minimum Gasteiger partial charge on any atom is -0.394 e. The summed E-state index contributed by atoms with van der Waals surface area (Å²) >= 11 is 0. The summed E-state index contributed by atoms with van der Waals surface area (Å²) in [6.07, 6.45) is -38.7. The van der Waals surface area contributed by atoms with Gasteiger partial charge in [0.15, 0.2) is 30.8 Å². The molecule has 20 atom stereocenters. The van der Waals surface area contributed by atoms with Gasteiger partial charge in [0, 0.05) is 0 Å². The normalized spacial score (nSPS) is 56.3. The molecule has 0 aliphatic carbocycles. The number of hydrogen-bond donors (Lipinski definition) is 16. The van der Waals surface area contributed by atoms with Crippen LogP contribution in [0.2, 0.25) is 0 Å². The van der Waals surface area contributed by atoms with E-state index < -0.39 is 142 Å². The van der Waals surface area contributed by atoms with Crippen molar-refractivity contribution in [2.45, 2.75) is 122 Å². The van der Waals surface area contributed by atoms with E-state index in [2.05, 4.69) is 0 Å². The van der Waals surface area contributed by atoms with E-state index in [0.29, 0.717) is 0 Å². The van der Waals surface area contributed by atoms with E-state index in [-0.39, 0.29) is 0 Å². The molecule has 4 heterocycles. The Kier molecular flexibility index (Phi) is 11.4. The van der Waals surface area contributed by atoms with Crippen LogP contribution in [-0.2, 0) is 28.4 Å². The molecule has 16 N–H and O–H groups in total. The van der Waals surface area contributed by atoms with Crippen molar-refractivity contribution in [2.24, 2.45) is 0 Å². The van der Waals surface area contributed by atoms with Crippen LogP contribution in [0, 0.1) is 0 Å². The van der Waals surface area contributed by atoms with Crippen LogP contribution < -0.4 is 0 Å². The van der Waals surface area contributed by atoms with E-state index in [1.54, 1.807) is 0 Å². The van der Waals surface area contributed by atoms with E-state index in [0.717, 1.165) is 0 Å². The minimum atomic E-state index is -3.58. The van der Waals surface area contributed by atoms with Crippen LogP contribution in [0.15, 0.2) is 0 Å². The highest BCUT2D eigenvalue weighted by Crippen LogP contribution is 2.46. The lowest BCUT2D eigenvalue weighted by molar-refractivity contribution is -0.471. The third-order valence-corrected chi connectivity index (χ3v) is 8.47. The van der Waals surface area contributed by atoms with Gasteiger partial charge in [-0.05, 0) is 0 Å². The molecular weight excluding hydrogens is 628 g/mol. The summed E-state index contributed by atoms with van der Waals surface area (Å²) < 4.78 is 31.4. The van der Waals surface area contributed by atoms with Crippen molar-refractivity contribution in [1.82, 2.24) is 0 Å². The van der Waals surface area contributed by atoms with Crippen LogP contribution >= 0.6 is 0 Å². The molecule has 0 radical (unpaired) electrons. The molecule has 4 fully saturated rings. The van der Waals surface area contributed by atoms with Crippen molar-refractivity contribution >= 4 is 0 Å². The molecular formula is C23H40O22. The largest absolute Gasteiger partial charge is 0.394 e. The van der Waals surface area contributed by atoms with Gasteiger partial charge in [-0.3, -0.25) is 0 Å². The van der Waals surface area contributed by atoms with Crippen molar-refractivity contribution < 1.29 is 110 Å². The first-order valence-corrected chi connectivity index (χ1v) is 13.7. The standard InChI is InChI=1S/C23H40O22/c24-1-4-6(26)8(28)14(34)20(41-4)40-2-5-7(27)10(30)16(36)23(39,44-5)22(3-25)17(11(31)13(33)19(38)45-22)42-21-15(35)9(29)12(32)18(37)43-21/h4-21,24-39H,1-3H2/t4?,5-,6?,7-,8+,9?,10+,11+,12?,13-,14?,15?,16-,17+,18?,19-,20+,21?,22-,23-/m1/s1. The first-order chi connectivity index (χ1) is 21.0. The fourth-order valence-corrected chi connectivity index (χ4v) is 5.67. The molecule has 0 bridgehead atoms. The molecule has 45 heavy (non-hydrogen) atoms. The van der Waals surface area contributed by atoms with E-state index in [9.17, 15) is 81.7 Å². The van der Waals surface area contributed by atoms with Crippen molar-refractivity contribution in [3.05, 3.63) is 0 Å². The van der Waals surface area contributed by atoms with Crippen LogP contribution in [0.5, 0.6) is 0 Å². The molecule has 0 aromatic carbocycles. The average molecular weight is 669 g/mol. The van der Waals surface area contributed by atoms with Crippen molar-refractivity contribution in [2.75, 3.05) is 19.8 Å². The van der Waals surface area contributed by atoms with Gasteiger partial charge >= 0.3 is 0 Å². The van der Waals surface area contributed by atoms with Crippen LogP contribution in [0.25, 0.3) is 0 Å². The number of ether oxygens (including phenoxy) is 6. The van der Waals surface area contributed by atoms with Gasteiger partial charge in [0.2, 0.25) is 5.79 Å². The Balaban J connectivity index is 1.66. The Morgan fingerprint density at radius 1 is 0.533 bits per heavy atom. The van der Waals surface area contributed by atoms with Crippen LogP contribution in [-0.4, -0.2) is 224 Å². The SMILES string of the molecule is OCC1O[C@H](OC[C@H]2O[C@@](O)([C@]3(CO)O[C@@H](O)[C@H](O)[C@H](O)[C@@H]3OC3OC(O)C(O)C(O)C3O)[C@H](O)[C@@H](O)[C@@H]2O)C(O)[C@@H](O)C1O. The second-order valence-electron chi connectivity index (χ2n) is 11.3. The van der Waals surface area contributed by atoms with E-state index in [1.165, 1.54) is 0 Å². The molecule has 0 spiro atoms. The van der Waals surface area contributed by atoms with Gasteiger partial charge in [-0.15, -0.1) is 0 Å². The summed E-state index contributed by atoms with van der Waals surface area (Å²) in [6.45, 7) is -3.44. The molecule has 4 saturated heterocycles. The van der Waals surface area contributed by atoms with Crippen molar-refractivity contribution in [3.8, 4) is 0 Å². The molecule has 0 aromatic rings. The Morgan fingerprint density at radius 2 is 1.09 bits per heavy atom. The first-order valence-electron chi connectivity index (χ1n) is 13.7. The maximum absolute atomic E-state index is 11.8. The molecule has 0 amide bonds. The molecule has 22 nitrogen and oxygen atoms in total. The van der Waals surface area contributed by atoms with Gasteiger partial charge in [-0.25, -0.2) is 0 Å². The fraction of sp³-hybridized carbons (Fsp3) is 1.00. The number of aliphatic hydroxyl groups excluding tert-OH is 15. The van der Waals surface area contributed by atoms with Crippen molar-refractivity contribution in [1.29, 1.82) is 0 Å². The van der Waals surface area contributed by atoms with Gasteiger partial charge in [-0.2, -0.15) is 0 Å². The molecule has 0 aromatic heterocycles. The Bertz CT molecular complexity index is 977. The smallest absolute Gasteiger partial charge is 0.230 e. The topological polar surface area (TPSA) is 379 Å². The van der Waals surface area contributed by atoms with E-state index >= 15 is 0 Å². The lowest BCUT2D eigenvalue weighted by Crippen LogP contribution is -2.83. The molecule has 264 valence electrons.